The molecule has 0 radical (unpaired) electrons. The number of nitrogen functional groups attached to an aromatic ring is 1. The third kappa shape index (κ3) is 3.72. The van der Waals surface area contributed by atoms with Crippen LogP contribution in [0.25, 0.3) is 21.6 Å². The minimum absolute atomic E-state index is 0.00717. The SMILES string of the molecule is N#Cc1c(N)sc(-c2ccc([N+](=O)[O-])cc2)c1-c1ccc(Oc2ccccc2)cc1. The number of non-ortho nitro benzene ring substituents is 1. The summed E-state index contributed by atoms with van der Waals surface area (Å²) in [5.74, 6) is 1.40. The van der Waals surface area contributed by atoms with Gasteiger partial charge in [0.2, 0.25) is 0 Å². The Morgan fingerprint density at radius 1 is 0.900 bits per heavy atom. The van der Waals surface area contributed by atoms with E-state index >= 15 is 0 Å². The quantitative estimate of drug-likeness (QED) is 0.308. The van der Waals surface area contributed by atoms with Crippen LogP contribution < -0.4 is 10.5 Å². The van der Waals surface area contributed by atoms with Crippen LogP contribution in [0.1, 0.15) is 5.56 Å². The molecule has 4 aromatic rings. The summed E-state index contributed by atoms with van der Waals surface area (Å²) in [6.45, 7) is 0. The molecular formula is C23H15N3O3S. The summed E-state index contributed by atoms with van der Waals surface area (Å²) in [5.41, 5.74) is 8.79. The first-order chi connectivity index (χ1) is 14.6. The molecule has 0 bridgehead atoms. The van der Waals surface area contributed by atoms with Crippen LogP contribution >= 0.6 is 11.3 Å². The van der Waals surface area contributed by atoms with E-state index in [-0.39, 0.29) is 5.69 Å². The number of nitriles is 1. The van der Waals surface area contributed by atoms with Gasteiger partial charge in [0.25, 0.3) is 5.69 Å². The second kappa shape index (κ2) is 8.07. The molecule has 0 amide bonds. The molecule has 0 unspecified atom stereocenters. The van der Waals surface area contributed by atoms with E-state index in [1.54, 1.807) is 12.1 Å². The van der Waals surface area contributed by atoms with E-state index in [9.17, 15) is 15.4 Å². The summed E-state index contributed by atoms with van der Waals surface area (Å²) in [4.78, 5) is 11.3. The first-order valence-electron chi connectivity index (χ1n) is 8.97. The number of nitro benzene ring substituents is 1. The molecule has 0 saturated heterocycles. The number of thiophene rings is 1. The molecule has 30 heavy (non-hydrogen) atoms. The Morgan fingerprint density at radius 3 is 2.10 bits per heavy atom. The maximum Gasteiger partial charge on any atom is 0.269 e. The number of nitrogens with zero attached hydrogens (tertiary/aromatic N) is 2. The van der Waals surface area contributed by atoms with Gasteiger partial charge in [-0.15, -0.1) is 11.3 Å². The number of benzene rings is 3. The van der Waals surface area contributed by atoms with Crippen LogP contribution in [0, 0.1) is 21.4 Å². The highest BCUT2D eigenvalue weighted by Gasteiger charge is 2.20. The molecule has 0 saturated carbocycles. The van der Waals surface area contributed by atoms with E-state index in [4.69, 9.17) is 10.5 Å². The van der Waals surface area contributed by atoms with Gasteiger partial charge in [-0.25, -0.2) is 0 Å². The molecule has 4 rings (SSSR count). The van der Waals surface area contributed by atoms with Crippen molar-refractivity contribution in [2.75, 3.05) is 5.73 Å². The Hall–Kier alpha value is -4.15. The molecule has 0 spiro atoms. The molecule has 7 heteroatoms. The van der Waals surface area contributed by atoms with Crippen LogP contribution in [0.4, 0.5) is 10.7 Å². The van der Waals surface area contributed by atoms with Gasteiger partial charge >= 0.3 is 0 Å². The van der Waals surface area contributed by atoms with Gasteiger partial charge in [-0.1, -0.05) is 30.3 Å². The number of nitro groups is 1. The molecule has 6 nitrogen and oxygen atoms in total. The zero-order valence-corrected chi connectivity index (χ0v) is 16.4. The second-order valence-corrected chi connectivity index (χ2v) is 7.45. The molecular weight excluding hydrogens is 398 g/mol. The van der Waals surface area contributed by atoms with E-state index < -0.39 is 4.92 Å². The third-order valence-electron chi connectivity index (χ3n) is 4.51. The van der Waals surface area contributed by atoms with Crippen LogP contribution in [0.15, 0.2) is 78.9 Å². The maximum absolute atomic E-state index is 10.9. The van der Waals surface area contributed by atoms with Crippen molar-refractivity contribution >= 4 is 22.0 Å². The van der Waals surface area contributed by atoms with Crippen LogP contribution in [-0.4, -0.2) is 4.92 Å². The lowest BCUT2D eigenvalue weighted by molar-refractivity contribution is -0.384. The smallest absolute Gasteiger partial charge is 0.269 e. The predicted octanol–water partition coefficient (Wildman–Crippen LogP) is 6.24. The Kier molecular flexibility index (Phi) is 5.16. The number of hydrogen-bond acceptors (Lipinski definition) is 6. The van der Waals surface area contributed by atoms with Gasteiger partial charge in [0, 0.05) is 22.6 Å². The molecule has 1 aromatic heterocycles. The van der Waals surface area contributed by atoms with Gasteiger partial charge in [-0.2, -0.15) is 5.26 Å². The van der Waals surface area contributed by atoms with Crippen molar-refractivity contribution in [3.05, 3.63) is 94.5 Å². The van der Waals surface area contributed by atoms with Gasteiger partial charge < -0.3 is 10.5 Å². The zero-order chi connectivity index (χ0) is 21.1. The van der Waals surface area contributed by atoms with Gasteiger partial charge in [0.15, 0.2) is 0 Å². The largest absolute Gasteiger partial charge is 0.457 e. The first kappa shape index (κ1) is 19.2. The summed E-state index contributed by atoms with van der Waals surface area (Å²) < 4.78 is 5.83. The summed E-state index contributed by atoms with van der Waals surface area (Å²) in [5, 5.41) is 21.0. The number of para-hydroxylation sites is 1. The lowest BCUT2D eigenvalue weighted by atomic mass is 9.98. The maximum atomic E-state index is 10.9. The summed E-state index contributed by atoms with van der Waals surface area (Å²) in [6, 6.07) is 25.3. The van der Waals surface area contributed by atoms with Crippen molar-refractivity contribution in [1.29, 1.82) is 5.26 Å². The zero-order valence-electron chi connectivity index (χ0n) is 15.6. The Labute approximate surface area is 176 Å². The van der Waals surface area contributed by atoms with Crippen molar-refractivity contribution in [3.63, 3.8) is 0 Å². The number of ether oxygens (including phenoxy) is 1. The fourth-order valence-electron chi connectivity index (χ4n) is 3.09. The van der Waals surface area contributed by atoms with Crippen molar-refractivity contribution in [1.82, 2.24) is 0 Å². The van der Waals surface area contributed by atoms with Gasteiger partial charge in [-0.05, 0) is 47.5 Å². The standard InChI is InChI=1S/C23H15N3O3S/c24-14-20-21(15-8-12-19(13-9-15)29-18-4-2-1-3-5-18)22(30-23(20)25)16-6-10-17(11-7-16)26(27)28/h1-13H,25H2. The van der Waals surface area contributed by atoms with Gasteiger partial charge in [0.05, 0.1) is 10.5 Å². The van der Waals surface area contributed by atoms with Crippen molar-refractivity contribution in [3.8, 4) is 39.1 Å². The monoisotopic (exact) mass is 413 g/mol. The second-order valence-electron chi connectivity index (χ2n) is 6.40. The van der Waals surface area contributed by atoms with Crippen molar-refractivity contribution in [2.24, 2.45) is 0 Å². The van der Waals surface area contributed by atoms with Gasteiger partial charge in [-0.3, -0.25) is 10.1 Å². The summed E-state index contributed by atoms with van der Waals surface area (Å²) >= 11 is 1.29. The molecule has 0 aliphatic carbocycles. The molecule has 0 atom stereocenters. The highest BCUT2D eigenvalue weighted by molar-refractivity contribution is 7.20. The number of hydrogen-bond donors (Lipinski definition) is 1. The lowest BCUT2D eigenvalue weighted by Gasteiger charge is -2.08. The highest BCUT2D eigenvalue weighted by Crippen LogP contribution is 2.45. The van der Waals surface area contributed by atoms with E-state index in [0.29, 0.717) is 21.9 Å². The fraction of sp³-hybridized carbons (Fsp3) is 0. The highest BCUT2D eigenvalue weighted by atomic mass is 32.1. The summed E-state index contributed by atoms with van der Waals surface area (Å²) in [7, 11) is 0. The van der Waals surface area contributed by atoms with E-state index in [1.807, 2.05) is 54.6 Å². The Bertz CT molecular complexity index is 1240. The molecule has 0 fully saturated rings. The first-order valence-corrected chi connectivity index (χ1v) is 9.79. The van der Waals surface area contributed by atoms with E-state index in [0.717, 1.165) is 21.8 Å². The molecule has 2 N–H and O–H groups in total. The normalized spacial score (nSPS) is 10.4. The van der Waals surface area contributed by atoms with Crippen molar-refractivity contribution < 1.29 is 9.66 Å². The number of anilines is 1. The summed E-state index contributed by atoms with van der Waals surface area (Å²) in [6.07, 6.45) is 0. The van der Waals surface area contributed by atoms with Crippen LogP contribution in [0.2, 0.25) is 0 Å². The van der Waals surface area contributed by atoms with Gasteiger partial charge in [0.1, 0.15) is 22.6 Å². The molecule has 1 heterocycles. The average molecular weight is 413 g/mol. The third-order valence-corrected chi connectivity index (χ3v) is 5.58. The van der Waals surface area contributed by atoms with Crippen LogP contribution in [-0.2, 0) is 0 Å². The Balaban J connectivity index is 1.73. The number of rotatable bonds is 5. The fourth-order valence-corrected chi connectivity index (χ4v) is 4.13. The van der Waals surface area contributed by atoms with Crippen molar-refractivity contribution in [2.45, 2.75) is 0 Å². The number of nitrogens with two attached hydrogens (primary N) is 1. The molecule has 3 aromatic carbocycles. The Morgan fingerprint density at radius 2 is 1.50 bits per heavy atom. The molecule has 146 valence electrons. The van der Waals surface area contributed by atoms with Crippen LogP contribution in [0.5, 0.6) is 11.5 Å². The topological polar surface area (TPSA) is 102 Å². The minimum Gasteiger partial charge on any atom is -0.457 e. The lowest BCUT2D eigenvalue weighted by Crippen LogP contribution is -1.89. The van der Waals surface area contributed by atoms with Crippen LogP contribution in [0.3, 0.4) is 0 Å². The minimum atomic E-state index is -0.445. The predicted molar refractivity (Wildman–Crippen MR) is 117 cm³/mol. The van der Waals surface area contributed by atoms with E-state index in [2.05, 4.69) is 6.07 Å². The average Bonchev–Trinajstić information content (AvgIpc) is 3.11. The molecule has 0 aliphatic heterocycles. The molecule has 0 aliphatic rings. The van der Waals surface area contributed by atoms with E-state index in [1.165, 1.54) is 23.5 Å².